The minimum absolute atomic E-state index is 0.0130. The van der Waals surface area contributed by atoms with Gasteiger partial charge in [-0.3, -0.25) is 14.7 Å². The molecule has 1 aliphatic heterocycles. The first-order valence-corrected chi connectivity index (χ1v) is 9.75. The van der Waals surface area contributed by atoms with Gasteiger partial charge in [0.15, 0.2) is 0 Å². The predicted molar refractivity (Wildman–Crippen MR) is 105 cm³/mol. The van der Waals surface area contributed by atoms with Crippen molar-refractivity contribution in [3.63, 3.8) is 0 Å². The van der Waals surface area contributed by atoms with Crippen molar-refractivity contribution in [2.75, 3.05) is 26.3 Å². The fourth-order valence-electron chi connectivity index (χ4n) is 3.55. The molecule has 5 heteroatoms. The Hall–Kier alpha value is -2.40. The standard InChI is InChI=1S/C22H28N2O3/c1-3-26-21-9-7-18(8-10-21)20-12-17(13-23-14-20)15-24-11-5-6-19(16-24)22(25)27-4-2/h7-10,12-14,19H,3-6,11,15-16H2,1-2H3. The molecule has 2 heterocycles. The van der Waals surface area contributed by atoms with Crippen LogP contribution < -0.4 is 4.74 Å². The van der Waals surface area contributed by atoms with Crippen LogP contribution in [0.15, 0.2) is 42.7 Å². The molecule has 1 fully saturated rings. The van der Waals surface area contributed by atoms with E-state index in [1.54, 1.807) is 0 Å². The first-order chi connectivity index (χ1) is 13.2. The van der Waals surface area contributed by atoms with Crippen LogP contribution in [0.2, 0.25) is 0 Å². The highest BCUT2D eigenvalue weighted by atomic mass is 16.5. The van der Waals surface area contributed by atoms with E-state index in [1.165, 1.54) is 0 Å². The summed E-state index contributed by atoms with van der Waals surface area (Å²) in [7, 11) is 0. The number of hydrogen-bond acceptors (Lipinski definition) is 5. The fourth-order valence-corrected chi connectivity index (χ4v) is 3.55. The van der Waals surface area contributed by atoms with Crippen LogP contribution in [0.4, 0.5) is 0 Å². The summed E-state index contributed by atoms with van der Waals surface area (Å²) in [5.41, 5.74) is 3.37. The molecule has 1 aliphatic rings. The van der Waals surface area contributed by atoms with Crippen LogP contribution in [0.25, 0.3) is 11.1 Å². The summed E-state index contributed by atoms with van der Waals surface area (Å²) in [6.45, 7) is 7.51. The summed E-state index contributed by atoms with van der Waals surface area (Å²) < 4.78 is 10.7. The Morgan fingerprint density at radius 1 is 1.15 bits per heavy atom. The number of esters is 1. The number of ether oxygens (including phenoxy) is 2. The SMILES string of the molecule is CCOC(=O)C1CCCN(Cc2cncc(-c3ccc(OCC)cc3)c2)C1. The van der Waals surface area contributed by atoms with Crippen LogP contribution in [0.5, 0.6) is 5.75 Å². The molecular weight excluding hydrogens is 340 g/mol. The topological polar surface area (TPSA) is 51.7 Å². The average Bonchev–Trinajstić information content (AvgIpc) is 2.69. The van der Waals surface area contributed by atoms with Gasteiger partial charge in [0.25, 0.3) is 0 Å². The van der Waals surface area contributed by atoms with Crippen LogP contribution in [0.1, 0.15) is 32.3 Å². The second-order valence-electron chi connectivity index (χ2n) is 6.87. The largest absolute Gasteiger partial charge is 0.494 e. The highest BCUT2D eigenvalue weighted by Crippen LogP contribution is 2.24. The number of carbonyl (C=O) groups is 1. The van der Waals surface area contributed by atoms with Gasteiger partial charge in [-0.1, -0.05) is 12.1 Å². The molecule has 0 amide bonds. The summed E-state index contributed by atoms with van der Waals surface area (Å²) in [6, 6.07) is 10.3. The highest BCUT2D eigenvalue weighted by Gasteiger charge is 2.26. The molecule has 1 atom stereocenters. The molecule has 3 rings (SSSR count). The Balaban J connectivity index is 1.66. The fraction of sp³-hybridized carbons (Fsp3) is 0.455. The van der Waals surface area contributed by atoms with E-state index in [1.807, 2.05) is 38.4 Å². The minimum atomic E-state index is -0.0662. The number of benzene rings is 1. The minimum Gasteiger partial charge on any atom is -0.494 e. The Bertz CT molecular complexity index is 745. The van der Waals surface area contributed by atoms with E-state index in [2.05, 4.69) is 28.1 Å². The van der Waals surface area contributed by atoms with E-state index in [4.69, 9.17) is 9.47 Å². The number of rotatable bonds is 7. The lowest BCUT2D eigenvalue weighted by atomic mass is 9.97. The highest BCUT2D eigenvalue weighted by molar-refractivity contribution is 5.72. The number of hydrogen-bond donors (Lipinski definition) is 0. The Kier molecular flexibility index (Phi) is 6.82. The molecule has 0 spiro atoms. The molecule has 0 aliphatic carbocycles. The van der Waals surface area contributed by atoms with E-state index < -0.39 is 0 Å². The zero-order valence-electron chi connectivity index (χ0n) is 16.2. The van der Waals surface area contributed by atoms with E-state index in [0.717, 1.165) is 54.9 Å². The van der Waals surface area contributed by atoms with Crippen molar-refractivity contribution in [3.8, 4) is 16.9 Å². The molecule has 1 aromatic carbocycles. The number of piperidine rings is 1. The maximum atomic E-state index is 12.0. The van der Waals surface area contributed by atoms with Crippen molar-refractivity contribution >= 4 is 5.97 Å². The maximum Gasteiger partial charge on any atom is 0.310 e. The van der Waals surface area contributed by atoms with Crippen molar-refractivity contribution in [1.29, 1.82) is 0 Å². The van der Waals surface area contributed by atoms with Crippen molar-refractivity contribution < 1.29 is 14.3 Å². The van der Waals surface area contributed by atoms with Gasteiger partial charge in [-0.25, -0.2) is 0 Å². The lowest BCUT2D eigenvalue weighted by Gasteiger charge is -2.31. The van der Waals surface area contributed by atoms with Crippen LogP contribution in [-0.4, -0.2) is 42.2 Å². The Labute approximate surface area is 161 Å². The van der Waals surface area contributed by atoms with Crippen LogP contribution in [0, 0.1) is 5.92 Å². The third-order valence-corrected chi connectivity index (χ3v) is 4.83. The Morgan fingerprint density at radius 3 is 2.70 bits per heavy atom. The van der Waals surface area contributed by atoms with Gasteiger partial charge in [0, 0.05) is 31.0 Å². The summed E-state index contributed by atoms with van der Waals surface area (Å²) in [5.74, 6) is 0.799. The molecular formula is C22H28N2O3. The van der Waals surface area contributed by atoms with E-state index in [9.17, 15) is 4.79 Å². The number of likely N-dealkylation sites (tertiary alicyclic amines) is 1. The Morgan fingerprint density at radius 2 is 1.96 bits per heavy atom. The number of aromatic nitrogens is 1. The van der Waals surface area contributed by atoms with Crippen molar-refractivity contribution in [3.05, 3.63) is 48.3 Å². The summed E-state index contributed by atoms with van der Waals surface area (Å²) >= 11 is 0. The smallest absolute Gasteiger partial charge is 0.310 e. The van der Waals surface area contributed by atoms with Gasteiger partial charge >= 0.3 is 5.97 Å². The molecule has 144 valence electrons. The van der Waals surface area contributed by atoms with Gasteiger partial charge in [0.2, 0.25) is 0 Å². The molecule has 0 radical (unpaired) electrons. The maximum absolute atomic E-state index is 12.0. The summed E-state index contributed by atoms with van der Waals surface area (Å²) in [5, 5.41) is 0. The molecule has 0 bridgehead atoms. The molecule has 27 heavy (non-hydrogen) atoms. The number of nitrogens with zero attached hydrogens (tertiary/aromatic N) is 2. The van der Waals surface area contributed by atoms with E-state index in [0.29, 0.717) is 13.2 Å². The van der Waals surface area contributed by atoms with E-state index >= 15 is 0 Å². The third kappa shape index (κ3) is 5.30. The van der Waals surface area contributed by atoms with Gasteiger partial charge in [-0.15, -0.1) is 0 Å². The molecule has 0 N–H and O–H groups in total. The average molecular weight is 368 g/mol. The van der Waals surface area contributed by atoms with Gasteiger partial charge < -0.3 is 9.47 Å². The van der Waals surface area contributed by atoms with E-state index in [-0.39, 0.29) is 11.9 Å². The number of pyridine rings is 1. The van der Waals surface area contributed by atoms with Crippen LogP contribution >= 0.6 is 0 Å². The van der Waals surface area contributed by atoms with Crippen molar-refractivity contribution in [1.82, 2.24) is 9.88 Å². The summed E-state index contributed by atoms with van der Waals surface area (Å²) in [6.07, 6.45) is 5.73. The molecule has 1 saturated heterocycles. The normalized spacial score (nSPS) is 17.5. The second kappa shape index (κ2) is 9.51. The lowest BCUT2D eigenvalue weighted by Crippen LogP contribution is -2.38. The number of carbonyl (C=O) groups excluding carboxylic acids is 1. The van der Waals surface area contributed by atoms with Crippen LogP contribution in [0.3, 0.4) is 0 Å². The molecule has 5 nitrogen and oxygen atoms in total. The predicted octanol–water partition coefficient (Wildman–Crippen LogP) is 3.92. The van der Waals surface area contributed by atoms with Gasteiger partial charge in [0.05, 0.1) is 19.1 Å². The lowest BCUT2D eigenvalue weighted by molar-refractivity contribution is -0.150. The van der Waals surface area contributed by atoms with Crippen LogP contribution in [-0.2, 0) is 16.1 Å². The third-order valence-electron chi connectivity index (χ3n) is 4.83. The molecule has 1 aromatic heterocycles. The molecule has 1 unspecified atom stereocenters. The molecule has 0 saturated carbocycles. The first kappa shape index (κ1) is 19.4. The zero-order chi connectivity index (χ0) is 19.1. The van der Waals surface area contributed by atoms with Gasteiger partial charge in [-0.2, -0.15) is 0 Å². The summed E-state index contributed by atoms with van der Waals surface area (Å²) in [4.78, 5) is 18.8. The van der Waals surface area contributed by atoms with Gasteiger partial charge in [-0.05, 0) is 62.6 Å². The van der Waals surface area contributed by atoms with Crippen molar-refractivity contribution in [2.24, 2.45) is 5.92 Å². The zero-order valence-corrected chi connectivity index (χ0v) is 16.2. The van der Waals surface area contributed by atoms with Gasteiger partial charge in [0.1, 0.15) is 5.75 Å². The second-order valence-corrected chi connectivity index (χ2v) is 6.87. The first-order valence-electron chi connectivity index (χ1n) is 9.75. The molecule has 2 aromatic rings. The quantitative estimate of drug-likeness (QED) is 0.693. The monoisotopic (exact) mass is 368 g/mol. The van der Waals surface area contributed by atoms with Crippen molar-refractivity contribution in [2.45, 2.75) is 33.2 Å².